The molecule has 4 rings (SSSR count). The molecule has 1 aromatic heterocycles. The molecule has 1 N–H and O–H groups in total. The number of thioether (sulfide) groups is 1. The molecule has 8 heteroatoms. The van der Waals surface area contributed by atoms with E-state index in [9.17, 15) is 14.4 Å². The van der Waals surface area contributed by atoms with Crippen LogP contribution in [0, 0.1) is 0 Å². The fourth-order valence-corrected chi connectivity index (χ4v) is 4.76. The molecule has 0 aliphatic heterocycles. The van der Waals surface area contributed by atoms with E-state index in [2.05, 4.69) is 5.32 Å². The van der Waals surface area contributed by atoms with Crippen molar-refractivity contribution in [2.45, 2.75) is 55.8 Å². The van der Waals surface area contributed by atoms with Gasteiger partial charge in [-0.15, -0.1) is 0 Å². The fourth-order valence-electron chi connectivity index (χ4n) is 3.75. The molecular weight excluding hydrogens is 388 g/mol. The summed E-state index contributed by atoms with van der Waals surface area (Å²) < 4.78 is 1.78. The van der Waals surface area contributed by atoms with Crippen LogP contribution in [0.4, 0.5) is 0 Å². The highest BCUT2D eigenvalue weighted by Crippen LogP contribution is 2.32. The maximum atomic E-state index is 13.1. The van der Waals surface area contributed by atoms with Gasteiger partial charge in [0, 0.05) is 19.1 Å². The Hall–Kier alpha value is -2.35. The van der Waals surface area contributed by atoms with E-state index in [0.717, 1.165) is 38.5 Å². The van der Waals surface area contributed by atoms with Crippen LogP contribution in [-0.2, 0) is 9.59 Å². The van der Waals surface area contributed by atoms with Crippen molar-refractivity contribution in [3.63, 3.8) is 0 Å². The number of nitrogens with zero attached hydrogens (tertiary/aromatic N) is 3. The first-order chi connectivity index (χ1) is 14.0. The van der Waals surface area contributed by atoms with Crippen molar-refractivity contribution in [3.8, 4) is 0 Å². The van der Waals surface area contributed by atoms with Crippen molar-refractivity contribution in [1.29, 1.82) is 0 Å². The molecule has 7 nitrogen and oxygen atoms in total. The summed E-state index contributed by atoms with van der Waals surface area (Å²) in [5.41, 5.74) is 0.619. The molecule has 0 radical (unpaired) electrons. The van der Waals surface area contributed by atoms with Crippen LogP contribution in [0.1, 0.15) is 44.6 Å². The molecule has 0 bridgehead atoms. The lowest BCUT2D eigenvalue weighted by atomic mass is 10.2. The van der Waals surface area contributed by atoms with Gasteiger partial charge < -0.3 is 10.2 Å². The van der Waals surface area contributed by atoms with Crippen molar-refractivity contribution in [3.05, 3.63) is 34.6 Å². The number of carbonyl (C=O) groups excluding carboxylic acids is 2. The van der Waals surface area contributed by atoms with Gasteiger partial charge in [0.15, 0.2) is 5.16 Å². The lowest BCUT2D eigenvalue weighted by Gasteiger charge is -2.20. The van der Waals surface area contributed by atoms with E-state index < -0.39 is 0 Å². The molecule has 0 spiro atoms. The molecule has 29 heavy (non-hydrogen) atoms. The first-order valence-corrected chi connectivity index (χ1v) is 11.2. The first kappa shape index (κ1) is 19.9. The molecule has 1 heterocycles. The van der Waals surface area contributed by atoms with Crippen LogP contribution in [0.3, 0.4) is 0 Å². The maximum Gasteiger partial charge on any atom is 0.262 e. The molecule has 2 amide bonds. The van der Waals surface area contributed by atoms with Crippen molar-refractivity contribution in [2.75, 3.05) is 19.3 Å². The third-order valence-corrected chi connectivity index (χ3v) is 6.48. The van der Waals surface area contributed by atoms with E-state index in [-0.39, 0.29) is 41.8 Å². The summed E-state index contributed by atoms with van der Waals surface area (Å²) in [6.07, 6.45) is 6.17. The summed E-state index contributed by atoms with van der Waals surface area (Å²) >= 11 is 1.28. The number of fused-ring (bicyclic) bond motifs is 1. The van der Waals surface area contributed by atoms with Gasteiger partial charge in [-0.1, -0.05) is 36.7 Å². The maximum absolute atomic E-state index is 13.1. The van der Waals surface area contributed by atoms with Crippen LogP contribution >= 0.6 is 11.8 Å². The summed E-state index contributed by atoms with van der Waals surface area (Å²) in [6, 6.07) is 7.77. The minimum Gasteiger partial charge on any atom is -0.352 e. The second kappa shape index (κ2) is 8.57. The van der Waals surface area contributed by atoms with Gasteiger partial charge in [0.2, 0.25) is 11.8 Å². The number of benzene rings is 1. The number of aromatic nitrogens is 2. The molecular formula is C21H26N4O3S. The van der Waals surface area contributed by atoms with Crippen molar-refractivity contribution in [2.24, 2.45) is 0 Å². The zero-order valence-corrected chi connectivity index (χ0v) is 17.4. The van der Waals surface area contributed by atoms with Gasteiger partial charge in [0.25, 0.3) is 5.56 Å². The molecule has 1 aromatic carbocycles. The van der Waals surface area contributed by atoms with Gasteiger partial charge in [-0.2, -0.15) is 0 Å². The van der Waals surface area contributed by atoms with Gasteiger partial charge in [0.1, 0.15) is 0 Å². The van der Waals surface area contributed by atoms with Crippen LogP contribution in [-0.4, -0.2) is 51.7 Å². The molecule has 2 aromatic rings. The number of para-hydroxylation sites is 1. The zero-order valence-electron chi connectivity index (χ0n) is 16.6. The number of carbonyl (C=O) groups is 2. The number of rotatable bonds is 7. The standard InChI is InChI=1S/C21H26N4O3S/c1-24(12-18(26)22-14-10-11-14)19(27)13-29-21-23-17-9-5-4-8-16(17)20(28)25(21)15-6-2-3-7-15/h4-5,8-9,14-15H,2-3,6-7,10-13H2,1H3,(H,22,26). The zero-order chi connectivity index (χ0) is 20.4. The Morgan fingerprint density at radius 3 is 2.66 bits per heavy atom. The molecule has 2 aliphatic carbocycles. The van der Waals surface area contributed by atoms with E-state index >= 15 is 0 Å². The Bertz CT molecular complexity index is 980. The Balaban J connectivity index is 1.50. The molecule has 0 unspecified atom stereocenters. The molecule has 2 fully saturated rings. The molecule has 2 saturated carbocycles. The van der Waals surface area contributed by atoms with Crippen molar-refractivity contribution in [1.82, 2.24) is 19.8 Å². The summed E-state index contributed by atoms with van der Waals surface area (Å²) in [6.45, 7) is 0.0521. The SMILES string of the molecule is CN(CC(=O)NC1CC1)C(=O)CSc1nc2ccccc2c(=O)n1C1CCCC1. The highest BCUT2D eigenvalue weighted by molar-refractivity contribution is 7.99. The molecule has 0 saturated heterocycles. The smallest absolute Gasteiger partial charge is 0.262 e. The van der Waals surface area contributed by atoms with Crippen LogP contribution in [0.5, 0.6) is 0 Å². The van der Waals surface area contributed by atoms with Gasteiger partial charge >= 0.3 is 0 Å². The second-order valence-corrected chi connectivity index (χ2v) is 8.85. The van der Waals surface area contributed by atoms with Crippen LogP contribution < -0.4 is 10.9 Å². The highest BCUT2D eigenvalue weighted by Gasteiger charge is 2.26. The highest BCUT2D eigenvalue weighted by atomic mass is 32.2. The monoisotopic (exact) mass is 414 g/mol. The largest absolute Gasteiger partial charge is 0.352 e. The topological polar surface area (TPSA) is 84.3 Å². The number of hydrogen-bond donors (Lipinski definition) is 1. The first-order valence-electron chi connectivity index (χ1n) is 10.2. The fraction of sp³-hybridized carbons (Fsp3) is 0.524. The second-order valence-electron chi connectivity index (χ2n) is 7.91. The molecule has 154 valence electrons. The lowest BCUT2D eigenvalue weighted by molar-refractivity contribution is -0.132. The van der Waals surface area contributed by atoms with Crippen LogP contribution in [0.15, 0.2) is 34.2 Å². The van der Waals surface area contributed by atoms with Gasteiger partial charge in [-0.3, -0.25) is 19.0 Å². The van der Waals surface area contributed by atoms with Crippen molar-refractivity contribution < 1.29 is 9.59 Å². The quantitative estimate of drug-likeness (QED) is 0.555. The average molecular weight is 415 g/mol. The number of likely N-dealkylation sites (N-methyl/N-ethyl adjacent to an activating group) is 1. The predicted molar refractivity (Wildman–Crippen MR) is 113 cm³/mol. The normalized spacial score (nSPS) is 16.9. The summed E-state index contributed by atoms with van der Waals surface area (Å²) in [5.74, 6) is -0.133. The third kappa shape index (κ3) is 4.63. The summed E-state index contributed by atoms with van der Waals surface area (Å²) in [5, 5.41) is 4.09. The lowest BCUT2D eigenvalue weighted by Crippen LogP contribution is -2.40. The van der Waals surface area contributed by atoms with E-state index in [1.807, 2.05) is 24.3 Å². The van der Waals surface area contributed by atoms with E-state index in [0.29, 0.717) is 16.1 Å². The third-order valence-electron chi connectivity index (χ3n) is 5.54. The van der Waals surface area contributed by atoms with Crippen molar-refractivity contribution >= 4 is 34.5 Å². The average Bonchev–Trinajstić information content (AvgIpc) is 3.35. The Labute approximate surface area is 173 Å². The summed E-state index contributed by atoms with van der Waals surface area (Å²) in [4.78, 5) is 43.7. The van der Waals surface area contributed by atoms with E-state index in [1.165, 1.54) is 16.7 Å². The Kier molecular flexibility index (Phi) is 5.89. The predicted octanol–water partition coefficient (Wildman–Crippen LogP) is 2.34. The Morgan fingerprint density at radius 1 is 1.21 bits per heavy atom. The minimum absolute atomic E-state index is 0.0328. The molecule has 2 aliphatic rings. The minimum atomic E-state index is -0.152. The number of amides is 2. The number of hydrogen-bond acceptors (Lipinski definition) is 5. The van der Waals surface area contributed by atoms with E-state index in [1.54, 1.807) is 11.6 Å². The van der Waals surface area contributed by atoms with E-state index in [4.69, 9.17) is 4.98 Å². The van der Waals surface area contributed by atoms with Gasteiger partial charge in [0.05, 0.1) is 23.2 Å². The Morgan fingerprint density at radius 2 is 1.93 bits per heavy atom. The van der Waals surface area contributed by atoms with Crippen LogP contribution in [0.2, 0.25) is 0 Å². The number of nitrogens with one attached hydrogen (secondary N) is 1. The molecule has 0 atom stereocenters. The summed E-state index contributed by atoms with van der Waals surface area (Å²) in [7, 11) is 1.63. The van der Waals surface area contributed by atoms with Gasteiger partial charge in [-0.05, 0) is 37.8 Å². The van der Waals surface area contributed by atoms with Gasteiger partial charge in [-0.25, -0.2) is 4.98 Å². The van der Waals surface area contributed by atoms with Crippen LogP contribution in [0.25, 0.3) is 10.9 Å².